The van der Waals surface area contributed by atoms with Crippen molar-refractivity contribution in [3.63, 3.8) is 0 Å². The van der Waals surface area contributed by atoms with E-state index in [9.17, 15) is 0 Å². The number of nitrogens with zero attached hydrogens (tertiary/aromatic N) is 6. The van der Waals surface area contributed by atoms with Crippen molar-refractivity contribution in [2.45, 2.75) is 64.3 Å². The molecule has 3 saturated heterocycles. The van der Waals surface area contributed by atoms with E-state index in [1.807, 2.05) is 19.9 Å². The van der Waals surface area contributed by atoms with Crippen molar-refractivity contribution in [2.75, 3.05) is 37.7 Å². The molecule has 208 valence electrons. The quantitative estimate of drug-likeness (QED) is 0.354. The lowest BCUT2D eigenvalue weighted by Crippen LogP contribution is -2.43. The zero-order valence-electron chi connectivity index (χ0n) is 23.3. The number of hydrogen-bond acceptors (Lipinski definition) is 7. The minimum absolute atomic E-state index is 0.0657. The van der Waals surface area contributed by atoms with Gasteiger partial charge in [0.15, 0.2) is 5.82 Å². The first-order valence-corrected chi connectivity index (χ1v) is 14.9. The molecule has 1 aliphatic carbocycles. The predicted octanol–water partition coefficient (Wildman–Crippen LogP) is 5.57. The van der Waals surface area contributed by atoms with Crippen LogP contribution in [0.1, 0.15) is 56.1 Å². The van der Waals surface area contributed by atoms with Gasteiger partial charge in [-0.25, -0.2) is 4.39 Å². The highest BCUT2D eigenvalue weighted by Crippen LogP contribution is 2.42. The zero-order valence-corrected chi connectivity index (χ0v) is 23.3. The van der Waals surface area contributed by atoms with Gasteiger partial charge < -0.3 is 9.64 Å². The van der Waals surface area contributed by atoms with E-state index in [-0.39, 0.29) is 17.1 Å². The van der Waals surface area contributed by atoms with E-state index in [1.54, 1.807) is 12.4 Å². The maximum Gasteiger partial charge on any atom is 0.319 e. The third kappa shape index (κ3) is 3.73. The first kappa shape index (κ1) is 24.5. The number of anilines is 1. The largest absolute Gasteiger partial charge is 0.461 e. The minimum Gasteiger partial charge on any atom is -0.461 e. The molecule has 3 aliphatic heterocycles. The van der Waals surface area contributed by atoms with Crippen LogP contribution in [0, 0.1) is 31.5 Å². The third-order valence-corrected chi connectivity index (χ3v) is 10.3. The first-order chi connectivity index (χ1) is 19.5. The number of pyridine rings is 1. The highest BCUT2D eigenvalue weighted by atomic mass is 19.1. The van der Waals surface area contributed by atoms with Crippen LogP contribution in [0.2, 0.25) is 0 Å². The number of H-pyrrole nitrogens is 1. The molecule has 4 fully saturated rings. The smallest absolute Gasteiger partial charge is 0.319 e. The van der Waals surface area contributed by atoms with Gasteiger partial charge in [0, 0.05) is 30.2 Å². The molecule has 0 amide bonds. The Kier molecular flexibility index (Phi) is 5.56. The third-order valence-electron chi connectivity index (χ3n) is 10.3. The Hall–Kier alpha value is -3.33. The maximum absolute atomic E-state index is 16.7. The minimum atomic E-state index is -0.427. The van der Waals surface area contributed by atoms with Gasteiger partial charge in [0.25, 0.3) is 0 Å². The molecule has 6 heterocycles. The maximum atomic E-state index is 16.7. The van der Waals surface area contributed by atoms with Crippen molar-refractivity contribution in [3.8, 4) is 17.3 Å². The molecule has 4 aliphatic rings. The summed E-state index contributed by atoms with van der Waals surface area (Å²) in [6.07, 6.45) is 12.0. The van der Waals surface area contributed by atoms with Crippen molar-refractivity contribution in [2.24, 2.45) is 11.8 Å². The monoisotopic (exact) mass is 541 g/mol. The molecule has 2 bridgehead atoms. The van der Waals surface area contributed by atoms with Gasteiger partial charge in [-0.15, -0.1) is 0 Å². The second-order valence-corrected chi connectivity index (χ2v) is 12.7. The fourth-order valence-electron chi connectivity index (χ4n) is 8.18. The summed E-state index contributed by atoms with van der Waals surface area (Å²) in [5.74, 6) is 1.66. The lowest BCUT2D eigenvalue weighted by molar-refractivity contribution is 0.108. The Labute approximate surface area is 233 Å². The van der Waals surface area contributed by atoms with Crippen molar-refractivity contribution in [3.05, 3.63) is 35.4 Å². The standard InChI is InChI=1S/C31H36FN7O/c1-18-11-24-22(14-34-37-24)25(19(18)2)28-26(32)27-23(13-33-28)29(38-15-20-5-6-21(12-20)16-38)36-30(35-27)40-17-31-7-3-9-39(31)10-4-8-31/h11,13-14,20-21H,3-10,12,15-17H2,1-2H3,(H,34,37). The van der Waals surface area contributed by atoms with Gasteiger partial charge >= 0.3 is 6.01 Å². The number of piperidine rings is 1. The van der Waals surface area contributed by atoms with Gasteiger partial charge in [0.1, 0.15) is 23.6 Å². The number of aromatic amines is 1. The van der Waals surface area contributed by atoms with Crippen LogP contribution in [0.25, 0.3) is 33.1 Å². The van der Waals surface area contributed by atoms with Crippen molar-refractivity contribution >= 4 is 27.6 Å². The lowest BCUT2D eigenvalue weighted by Gasteiger charge is -2.34. The number of aromatic nitrogens is 5. The summed E-state index contributed by atoms with van der Waals surface area (Å²) >= 11 is 0. The predicted molar refractivity (Wildman–Crippen MR) is 153 cm³/mol. The summed E-state index contributed by atoms with van der Waals surface area (Å²) < 4.78 is 23.1. The zero-order chi connectivity index (χ0) is 27.0. The van der Waals surface area contributed by atoms with Gasteiger partial charge in [0.05, 0.1) is 22.6 Å². The molecule has 2 atom stereocenters. The van der Waals surface area contributed by atoms with Crippen LogP contribution >= 0.6 is 0 Å². The van der Waals surface area contributed by atoms with Crippen molar-refractivity contribution < 1.29 is 9.13 Å². The second kappa shape index (κ2) is 9.09. The number of halogens is 1. The summed E-state index contributed by atoms with van der Waals surface area (Å²) in [6, 6.07) is 2.32. The molecule has 4 aromatic rings. The van der Waals surface area contributed by atoms with E-state index in [0.717, 1.165) is 72.4 Å². The molecule has 8 nitrogen and oxygen atoms in total. The molecule has 2 unspecified atom stereocenters. The van der Waals surface area contributed by atoms with Crippen LogP contribution in [0.3, 0.4) is 0 Å². The highest BCUT2D eigenvalue weighted by Gasteiger charge is 2.45. The Balaban J connectivity index is 1.26. The molecule has 1 aromatic carbocycles. The number of benzene rings is 1. The molecular weight excluding hydrogens is 505 g/mol. The van der Waals surface area contributed by atoms with Crippen LogP contribution in [0.4, 0.5) is 10.2 Å². The van der Waals surface area contributed by atoms with E-state index in [1.165, 1.54) is 32.1 Å². The number of fused-ring (bicyclic) bond motifs is 5. The van der Waals surface area contributed by atoms with E-state index in [2.05, 4.69) is 20.0 Å². The van der Waals surface area contributed by atoms with E-state index in [4.69, 9.17) is 19.7 Å². The van der Waals surface area contributed by atoms with Crippen LogP contribution in [-0.2, 0) is 0 Å². The average molecular weight is 542 g/mol. The van der Waals surface area contributed by atoms with Crippen molar-refractivity contribution in [1.82, 2.24) is 30.0 Å². The Morgan fingerprint density at radius 3 is 2.60 bits per heavy atom. The molecule has 1 N–H and O–H groups in total. The number of ether oxygens (including phenoxy) is 1. The highest BCUT2D eigenvalue weighted by molar-refractivity contribution is 5.99. The Morgan fingerprint density at radius 2 is 1.82 bits per heavy atom. The number of aryl methyl sites for hydroxylation is 1. The molecular formula is C31H36FN7O. The molecule has 3 aromatic heterocycles. The molecule has 8 rings (SSSR count). The number of hydrogen-bond donors (Lipinski definition) is 1. The van der Waals surface area contributed by atoms with Gasteiger partial charge in [-0.3, -0.25) is 15.0 Å². The number of rotatable bonds is 5. The second-order valence-electron chi connectivity index (χ2n) is 12.7. The summed E-state index contributed by atoms with van der Waals surface area (Å²) in [5.41, 5.74) is 4.32. The van der Waals surface area contributed by atoms with Crippen molar-refractivity contribution in [1.29, 1.82) is 0 Å². The van der Waals surface area contributed by atoms with Gasteiger partial charge in [-0.1, -0.05) is 0 Å². The van der Waals surface area contributed by atoms with Crippen LogP contribution in [0.15, 0.2) is 18.5 Å². The molecule has 9 heteroatoms. The summed E-state index contributed by atoms with van der Waals surface area (Å²) in [4.78, 5) is 19.3. The Morgan fingerprint density at radius 1 is 1.05 bits per heavy atom. The van der Waals surface area contributed by atoms with Crippen LogP contribution in [0.5, 0.6) is 6.01 Å². The molecule has 0 spiro atoms. The lowest BCUT2D eigenvalue weighted by atomic mass is 9.95. The summed E-state index contributed by atoms with van der Waals surface area (Å²) in [6.45, 7) is 8.74. The fourth-order valence-corrected chi connectivity index (χ4v) is 8.18. The van der Waals surface area contributed by atoms with Gasteiger partial charge in [-0.2, -0.15) is 15.1 Å². The molecule has 1 saturated carbocycles. The topological polar surface area (TPSA) is 83.1 Å². The van der Waals surface area contributed by atoms with E-state index < -0.39 is 5.82 Å². The fraction of sp³-hybridized carbons (Fsp3) is 0.548. The van der Waals surface area contributed by atoms with Gasteiger partial charge in [0.2, 0.25) is 0 Å². The number of nitrogens with one attached hydrogen (secondary N) is 1. The van der Waals surface area contributed by atoms with Gasteiger partial charge in [-0.05, 0) is 101 Å². The summed E-state index contributed by atoms with van der Waals surface area (Å²) in [5, 5.41) is 8.77. The van der Waals surface area contributed by atoms with E-state index in [0.29, 0.717) is 29.5 Å². The Bertz CT molecular complexity index is 1610. The first-order valence-electron chi connectivity index (χ1n) is 14.9. The molecule has 40 heavy (non-hydrogen) atoms. The van der Waals surface area contributed by atoms with E-state index >= 15 is 4.39 Å². The molecule has 0 radical (unpaired) electrons. The summed E-state index contributed by atoms with van der Waals surface area (Å²) in [7, 11) is 0. The average Bonchev–Trinajstić information content (AvgIpc) is 3.73. The normalized spacial score (nSPS) is 23.9. The SMILES string of the molecule is Cc1cc2[nH]ncc2c(-c2ncc3c(N4CC5CCC(C5)C4)nc(OCC45CCCN4CCC5)nc3c2F)c1C. The van der Waals surface area contributed by atoms with Crippen LogP contribution in [-0.4, -0.2) is 68.4 Å². The van der Waals surface area contributed by atoms with Crippen LogP contribution < -0.4 is 9.64 Å².